The van der Waals surface area contributed by atoms with Crippen molar-refractivity contribution >= 4 is 23.4 Å². The number of phenols is 1. The van der Waals surface area contributed by atoms with Gasteiger partial charge in [0.1, 0.15) is 5.75 Å². The van der Waals surface area contributed by atoms with Crippen LogP contribution in [0.4, 0.5) is 16.2 Å². The Hall–Kier alpha value is -3.22. The van der Waals surface area contributed by atoms with Crippen LogP contribution in [0.5, 0.6) is 5.75 Å². The molecule has 1 saturated heterocycles. The molecule has 2 N–H and O–H groups in total. The average Bonchev–Trinajstić information content (AvgIpc) is 2.73. The molecule has 0 saturated carbocycles. The third kappa shape index (κ3) is 5.89. The lowest BCUT2D eigenvalue weighted by molar-refractivity contribution is 0.0708. The quantitative estimate of drug-likeness (QED) is 0.745. The van der Waals surface area contributed by atoms with E-state index in [1.807, 2.05) is 32.9 Å². The van der Waals surface area contributed by atoms with Crippen molar-refractivity contribution in [1.29, 1.82) is 0 Å². The maximum Gasteiger partial charge on any atom is 0.409 e. The molecule has 3 rings (SSSR count). The van der Waals surface area contributed by atoms with Crippen molar-refractivity contribution in [2.45, 2.75) is 20.8 Å². The molecule has 2 aromatic carbocycles. The van der Waals surface area contributed by atoms with E-state index in [9.17, 15) is 14.7 Å². The van der Waals surface area contributed by atoms with Crippen LogP contribution in [0.25, 0.3) is 0 Å². The molecule has 1 aliphatic rings. The van der Waals surface area contributed by atoms with Crippen LogP contribution in [0.3, 0.4) is 0 Å². The molecule has 160 valence electrons. The zero-order valence-electron chi connectivity index (χ0n) is 17.7. The van der Waals surface area contributed by atoms with Crippen molar-refractivity contribution in [3.8, 4) is 5.75 Å². The highest BCUT2D eigenvalue weighted by Gasteiger charge is 2.24. The van der Waals surface area contributed by atoms with Gasteiger partial charge in [-0.15, -0.1) is 0 Å². The van der Waals surface area contributed by atoms with Gasteiger partial charge in [-0.2, -0.15) is 0 Å². The number of benzene rings is 2. The number of hydrogen-bond acceptors (Lipinski definition) is 5. The molecule has 1 fully saturated rings. The van der Waals surface area contributed by atoms with E-state index in [1.54, 1.807) is 29.2 Å². The van der Waals surface area contributed by atoms with Crippen LogP contribution in [0, 0.1) is 5.41 Å². The van der Waals surface area contributed by atoms with Gasteiger partial charge in [0.25, 0.3) is 5.91 Å². The molecule has 0 aliphatic carbocycles. The van der Waals surface area contributed by atoms with Gasteiger partial charge in [0.05, 0.1) is 6.61 Å². The fraction of sp³-hybridized carbons (Fsp3) is 0.391. The van der Waals surface area contributed by atoms with E-state index >= 15 is 0 Å². The van der Waals surface area contributed by atoms with Crippen molar-refractivity contribution in [2.24, 2.45) is 5.41 Å². The molecule has 0 radical (unpaired) electrons. The van der Waals surface area contributed by atoms with Gasteiger partial charge in [-0.25, -0.2) is 4.79 Å². The number of phenolic OH excluding ortho intramolecular Hbond substituents is 1. The Balaban J connectivity index is 1.51. The number of ether oxygens (including phenoxy) is 1. The molecule has 0 bridgehead atoms. The number of amides is 2. The molecule has 2 amide bonds. The Labute approximate surface area is 177 Å². The summed E-state index contributed by atoms with van der Waals surface area (Å²) in [5, 5.41) is 12.1. The second kappa shape index (κ2) is 9.07. The highest BCUT2D eigenvalue weighted by atomic mass is 16.6. The minimum Gasteiger partial charge on any atom is -0.508 e. The standard InChI is InChI=1S/C23H29N3O4/c1-23(2,3)16-30-22(29)26-14-12-25(13-15-26)19-8-4-17(5-9-19)21(28)24-18-6-10-20(27)11-7-18/h4-11,27H,12-16H2,1-3H3,(H,24,28). The molecule has 30 heavy (non-hydrogen) atoms. The molecule has 2 aromatic rings. The molecule has 0 atom stereocenters. The molecular formula is C23H29N3O4. The third-order valence-corrected chi connectivity index (χ3v) is 4.79. The Morgan fingerprint density at radius 2 is 1.57 bits per heavy atom. The molecule has 7 heteroatoms. The van der Waals surface area contributed by atoms with Crippen LogP contribution in [-0.2, 0) is 4.74 Å². The summed E-state index contributed by atoms with van der Waals surface area (Å²) >= 11 is 0. The lowest BCUT2D eigenvalue weighted by Gasteiger charge is -2.36. The zero-order valence-corrected chi connectivity index (χ0v) is 17.7. The van der Waals surface area contributed by atoms with Gasteiger partial charge < -0.3 is 25.0 Å². The topological polar surface area (TPSA) is 82.1 Å². The molecule has 0 aromatic heterocycles. The minimum atomic E-state index is -0.258. The number of rotatable bonds is 4. The van der Waals surface area contributed by atoms with Crippen LogP contribution in [0.1, 0.15) is 31.1 Å². The summed E-state index contributed by atoms with van der Waals surface area (Å²) in [6.07, 6.45) is -0.258. The van der Waals surface area contributed by atoms with Crippen LogP contribution in [0.2, 0.25) is 0 Å². The van der Waals surface area contributed by atoms with E-state index in [1.165, 1.54) is 12.1 Å². The molecule has 1 heterocycles. The maximum absolute atomic E-state index is 12.4. The maximum atomic E-state index is 12.4. The van der Waals surface area contributed by atoms with Crippen molar-refractivity contribution in [3.05, 3.63) is 54.1 Å². The SMILES string of the molecule is CC(C)(C)COC(=O)N1CCN(c2ccc(C(=O)Nc3ccc(O)cc3)cc2)CC1. The average molecular weight is 412 g/mol. The second-order valence-corrected chi connectivity index (χ2v) is 8.64. The Bertz CT molecular complexity index is 865. The number of anilines is 2. The summed E-state index contributed by atoms with van der Waals surface area (Å²) in [7, 11) is 0. The van der Waals surface area contributed by atoms with E-state index in [2.05, 4.69) is 10.2 Å². The Kier molecular flexibility index (Phi) is 6.50. The molecule has 0 spiro atoms. The predicted molar refractivity (Wildman–Crippen MR) is 117 cm³/mol. The third-order valence-electron chi connectivity index (χ3n) is 4.79. The smallest absolute Gasteiger partial charge is 0.409 e. The summed E-state index contributed by atoms with van der Waals surface area (Å²) in [5.74, 6) is -0.0569. The fourth-order valence-electron chi connectivity index (χ4n) is 3.09. The molecule has 1 aliphatic heterocycles. The van der Waals surface area contributed by atoms with Gasteiger partial charge in [-0.3, -0.25) is 4.79 Å². The fourth-order valence-corrected chi connectivity index (χ4v) is 3.09. The number of carbonyl (C=O) groups excluding carboxylic acids is 2. The van der Waals surface area contributed by atoms with Crippen LogP contribution < -0.4 is 10.2 Å². The minimum absolute atomic E-state index is 0.0478. The zero-order chi connectivity index (χ0) is 21.7. The molecule has 0 unspecified atom stereocenters. The lowest BCUT2D eigenvalue weighted by Crippen LogP contribution is -2.49. The first-order valence-electron chi connectivity index (χ1n) is 10.1. The lowest BCUT2D eigenvalue weighted by atomic mass is 9.99. The van der Waals surface area contributed by atoms with E-state index in [0.29, 0.717) is 44.0 Å². The van der Waals surface area contributed by atoms with Crippen LogP contribution in [-0.4, -0.2) is 54.8 Å². The van der Waals surface area contributed by atoms with Crippen molar-refractivity contribution in [3.63, 3.8) is 0 Å². The first-order chi connectivity index (χ1) is 14.2. The number of nitrogens with one attached hydrogen (secondary N) is 1. The van der Waals surface area contributed by atoms with Crippen molar-refractivity contribution in [1.82, 2.24) is 4.90 Å². The van der Waals surface area contributed by atoms with Gasteiger partial charge in [0, 0.05) is 43.1 Å². The Morgan fingerprint density at radius 1 is 0.967 bits per heavy atom. The van der Waals surface area contributed by atoms with E-state index in [-0.39, 0.29) is 23.2 Å². The summed E-state index contributed by atoms with van der Waals surface area (Å²) in [4.78, 5) is 28.5. The second-order valence-electron chi connectivity index (χ2n) is 8.64. The van der Waals surface area contributed by atoms with Gasteiger partial charge in [-0.1, -0.05) is 20.8 Å². The highest BCUT2D eigenvalue weighted by molar-refractivity contribution is 6.04. The highest BCUT2D eigenvalue weighted by Crippen LogP contribution is 2.20. The predicted octanol–water partition coefficient (Wildman–Crippen LogP) is 3.95. The van der Waals surface area contributed by atoms with Gasteiger partial charge in [-0.05, 0) is 53.9 Å². The summed E-state index contributed by atoms with van der Waals surface area (Å²) in [6, 6.07) is 13.7. The van der Waals surface area contributed by atoms with Gasteiger partial charge >= 0.3 is 6.09 Å². The number of nitrogens with zero attached hydrogens (tertiary/aromatic N) is 2. The normalized spacial score (nSPS) is 14.4. The van der Waals surface area contributed by atoms with E-state index in [4.69, 9.17) is 4.74 Å². The van der Waals surface area contributed by atoms with E-state index < -0.39 is 0 Å². The van der Waals surface area contributed by atoms with Crippen molar-refractivity contribution < 1.29 is 19.4 Å². The van der Waals surface area contributed by atoms with E-state index in [0.717, 1.165) is 5.69 Å². The number of carbonyl (C=O) groups is 2. The van der Waals surface area contributed by atoms with Gasteiger partial charge in [0.2, 0.25) is 0 Å². The summed E-state index contributed by atoms with van der Waals surface area (Å²) in [5.41, 5.74) is 2.14. The molecule has 7 nitrogen and oxygen atoms in total. The van der Waals surface area contributed by atoms with Crippen LogP contribution in [0.15, 0.2) is 48.5 Å². The summed E-state index contributed by atoms with van der Waals surface area (Å²) < 4.78 is 5.39. The largest absolute Gasteiger partial charge is 0.508 e. The number of hydrogen-bond donors (Lipinski definition) is 2. The van der Waals surface area contributed by atoms with Crippen LogP contribution >= 0.6 is 0 Å². The van der Waals surface area contributed by atoms with Crippen molar-refractivity contribution in [2.75, 3.05) is 43.0 Å². The molecular weight excluding hydrogens is 382 g/mol. The summed E-state index contributed by atoms with van der Waals surface area (Å²) in [6.45, 7) is 9.14. The number of piperazine rings is 1. The Morgan fingerprint density at radius 3 is 2.13 bits per heavy atom. The first kappa shape index (κ1) is 21.5. The number of aromatic hydroxyl groups is 1. The van der Waals surface area contributed by atoms with Gasteiger partial charge in [0.15, 0.2) is 0 Å². The monoisotopic (exact) mass is 411 g/mol. The first-order valence-corrected chi connectivity index (χ1v) is 10.1.